The number of benzene rings is 1. The molecule has 7 nitrogen and oxygen atoms in total. The average Bonchev–Trinajstić information content (AvgIpc) is 2.95. The maximum absolute atomic E-state index is 12.4. The van der Waals surface area contributed by atoms with Gasteiger partial charge in [-0.1, -0.05) is 19.0 Å². The standard InChI is InChI=1S/C14H16N2O5S/c1-9(2)12-8-14(15-21-12)16-22(17,18)10-3-4-11-13(7-10)20-6-5-19-11/h3-4,7-9H,5-6H2,1-2H3,(H,15,16). The van der Waals surface area contributed by atoms with E-state index in [4.69, 9.17) is 14.0 Å². The summed E-state index contributed by atoms with van der Waals surface area (Å²) in [5, 5.41) is 3.71. The third-order valence-electron chi connectivity index (χ3n) is 3.16. The molecule has 0 spiro atoms. The molecule has 0 amide bonds. The maximum atomic E-state index is 12.4. The highest BCUT2D eigenvalue weighted by Crippen LogP contribution is 2.32. The molecule has 0 bridgehead atoms. The Bertz CT molecular complexity index is 782. The van der Waals surface area contributed by atoms with Gasteiger partial charge < -0.3 is 14.0 Å². The van der Waals surface area contributed by atoms with Crippen molar-refractivity contribution in [3.63, 3.8) is 0 Å². The highest BCUT2D eigenvalue weighted by atomic mass is 32.2. The van der Waals surface area contributed by atoms with Crippen molar-refractivity contribution in [3.05, 3.63) is 30.0 Å². The van der Waals surface area contributed by atoms with E-state index in [0.29, 0.717) is 30.5 Å². The zero-order valence-corrected chi connectivity index (χ0v) is 13.0. The minimum Gasteiger partial charge on any atom is -0.486 e. The summed E-state index contributed by atoms with van der Waals surface area (Å²) in [5.41, 5.74) is 0. The molecule has 0 aliphatic carbocycles. The van der Waals surface area contributed by atoms with E-state index in [1.54, 1.807) is 12.1 Å². The monoisotopic (exact) mass is 324 g/mol. The first-order valence-electron chi connectivity index (χ1n) is 6.85. The van der Waals surface area contributed by atoms with Gasteiger partial charge in [-0.15, -0.1) is 0 Å². The van der Waals surface area contributed by atoms with Gasteiger partial charge in [0.15, 0.2) is 17.3 Å². The molecule has 1 aliphatic rings. The molecule has 118 valence electrons. The second kappa shape index (κ2) is 5.53. The summed E-state index contributed by atoms with van der Waals surface area (Å²) in [7, 11) is -3.77. The van der Waals surface area contributed by atoms with E-state index < -0.39 is 10.0 Å². The number of hydrogen-bond acceptors (Lipinski definition) is 6. The van der Waals surface area contributed by atoms with Crippen LogP contribution in [0.2, 0.25) is 0 Å². The molecule has 0 fully saturated rings. The Morgan fingerprint density at radius 1 is 1.14 bits per heavy atom. The van der Waals surface area contributed by atoms with Crippen molar-refractivity contribution in [1.29, 1.82) is 0 Å². The lowest BCUT2D eigenvalue weighted by Crippen LogP contribution is -2.17. The second-order valence-electron chi connectivity index (χ2n) is 5.18. The van der Waals surface area contributed by atoms with Crippen molar-refractivity contribution in [1.82, 2.24) is 5.16 Å². The predicted octanol–water partition coefficient (Wildman–Crippen LogP) is 2.37. The molecule has 0 saturated carbocycles. The fourth-order valence-electron chi connectivity index (χ4n) is 2.00. The van der Waals surface area contributed by atoms with Gasteiger partial charge in [0.1, 0.15) is 19.0 Å². The van der Waals surface area contributed by atoms with E-state index in [1.807, 2.05) is 13.8 Å². The van der Waals surface area contributed by atoms with Gasteiger partial charge >= 0.3 is 0 Å². The van der Waals surface area contributed by atoms with Crippen LogP contribution < -0.4 is 14.2 Å². The number of hydrogen-bond donors (Lipinski definition) is 1. The van der Waals surface area contributed by atoms with Crippen molar-refractivity contribution in [2.24, 2.45) is 0 Å². The first-order chi connectivity index (χ1) is 10.5. The largest absolute Gasteiger partial charge is 0.486 e. The Kier molecular flexibility index (Phi) is 3.69. The number of aromatic nitrogens is 1. The van der Waals surface area contributed by atoms with Gasteiger partial charge in [-0.3, -0.25) is 4.72 Å². The van der Waals surface area contributed by atoms with E-state index in [9.17, 15) is 8.42 Å². The molecule has 0 saturated heterocycles. The predicted molar refractivity (Wildman–Crippen MR) is 78.8 cm³/mol. The van der Waals surface area contributed by atoms with Gasteiger partial charge in [0, 0.05) is 18.1 Å². The second-order valence-corrected chi connectivity index (χ2v) is 6.86. The molecule has 22 heavy (non-hydrogen) atoms. The van der Waals surface area contributed by atoms with Crippen LogP contribution in [0.15, 0.2) is 33.7 Å². The zero-order chi connectivity index (χ0) is 15.7. The molecular formula is C14H16N2O5S. The average molecular weight is 324 g/mol. The van der Waals surface area contributed by atoms with Crippen LogP contribution in [0.4, 0.5) is 5.82 Å². The number of sulfonamides is 1. The summed E-state index contributed by atoms with van der Waals surface area (Å²) in [6.07, 6.45) is 0. The lowest BCUT2D eigenvalue weighted by Gasteiger charge is -2.18. The Morgan fingerprint density at radius 2 is 1.86 bits per heavy atom. The number of nitrogens with one attached hydrogen (secondary N) is 1. The SMILES string of the molecule is CC(C)c1cc(NS(=O)(=O)c2ccc3c(c2)OCCO3)no1. The lowest BCUT2D eigenvalue weighted by molar-refractivity contribution is 0.171. The molecule has 1 aromatic carbocycles. The van der Waals surface area contributed by atoms with Crippen LogP contribution >= 0.6 is 0 Å². The Morgan fingerprint density at radius 3 is 2.55 bits per heavy atom. The number of fused-ring (bicyclic) bond motifs is 1. The van der Waals surface area contributed by atoms with Gasteiger partial charge in [-0.25, -0.2) is 8.42 Å². The summed E-state index contributed by atoms with van der Waals surface area (Å²) in [5.74, 6) is 1.84. The summed E-state index contributed by atoms with van der Waals surface area (Å²) < 4.78 is 43.0. The van der Waals surface area contributed by atoms with Crippen molar-refractivity contribution in [2.75, 3.05) is 17.9 Å². The zero-order valence-electron chi connectivity index (χ0n) is 12.2. The Hall–Kier alpha value is -2.22. The third kappa shape index (κ3) is 2.87. The molecule has 2 heterocycles. The topological polar surface area (TPSA) is 90.7 Å². The number of rotatable bonds is 4. The molecule has 3 rings (SSSR count). The van der Waals surface area contributed by atoms with Crippen LogP contribution in [0.3, 0.4) is 0 Å². The maximum Gasteiger partial charge on any atom is 0.263 e. The molecule has 0 atom stereocenters. The summed E-state index contributed by atoms with van der Waals surface area (Å²) in [6.45, 7) is 4.71. The van der Waals surface area contributed by atoms with Crippen LogP contribution in [0.5, 0.6) is 11.5 Å². The molecular weight excluding hydrogens is 308 g/mol. The van der Waals surface area contributed by atoms with Crippen LogP contribution in [-0.2, 0) is 10.0 Å². The number of anilines is 1. The van der Waals surface area contributed by atoms with Crippen LogP contribution in [0.25, 0.3) is 0 Å². The van der Waals surface area contributed by atoms with Gasteiger partial charge in [0.2, 0.25) is 0 Å². The van der Waals surface area contributed by atoms with Gasteiger partial charge in [-0.2, -0.15) is 0 Å². The summed E-state index contributed by atoms with van der Waals surface area (Å²) in [4.78, 5) is 0.0749. The van der Waals surface area contributed by atoms with Gasteiger partial charge in [-0.05, 0) is 12.1 Å². The van der Waals surface area contributed by atoms with Gasteiger partial charge in [0.25, 0.3) is 10.0 Å². The molecule has 8 heteroatoms. The molecule has 0 unspecified atom stereocenters. The fourth-order valence-corrected chi connectivity index (χ4v) is 3.00. The minimum absolute atomic E-state index is 0.0749. The van der Waals surface area contributed by atoms with E-state index in [0.717, 1.165) is 0 Å². The molecule has 0 radical (unpaired) electrons. The van der Waals surface area contributed by atoms with Crippen LogP contribution in [-0.4, -0.2) is 26.8 Å². The molecule has 1 aromatic heterocycles. The van der Waals surface area contributed by atoms with E-state index in [1.165, 1.54) is 12.1 Å². The molecule has 1 aliphatic heterocycles. The van der Waals surface area contributed by atoms with E-state index >= 15 is 0 Å². The van der Waals surface area contributed by atoms with E-state index in [-0.39, 0.29) is 16.6 Å². The third-order valence-corrected chi connectivity index (χ3v) is 4.51. The van der Waals surface area contributed by atoms with Crippen LogP contribution in [0, 0.1) is 0 Å². The van der Waals surface area contributed by atoms with Crippen molar-refractivity contribution >= 4 is 15.8 Å². The Balaban J connectivity index is 1.85. The highest BCUT2D eigenvalue weighted by molar-refractivity contribution is 7.92. The quantitative estimate of drug-likeness (QED) is 0.928. The van der Waals surface area contributed by atoms with Crippen molar-refractivity contribution in [2.45, 2.75) is 24.7 Å². The lowest BCUT2D eigenvalue weighted by atomic mass is 10.2. The molecule has 1 N–H and O–H groups in total. The first-order valence-corrected chi connectivity index (χ1v) is 8.33. The summed E-state index contributed by atoms with van der Waals surface area (Å²) in [6, 6.07) is 6.03. The van der Waals surface area contributed by atoms with Crippen molar-refractivity contribution < 1.29 is 22.4 Å². The van der Waals surface area contributed by atoms with Gasteiger partial charge in [0.05, 0.1) is 4.90 Å². The normalized spacial score (nSPS) is 14.1. The minimum atomic E-state index is -3.77. The number of nitrogens with zero attached hydrogens (tertiary/aromatic N) is 1. The first kappa shape index (κ1) is 14.7. The van der Waals surface area contributed by atoms with Crippen LogP contribution in [0.1, 0.15) is 25.5 Å². The summed E-state index contributed by atoms with van der Waals surface area (Å²) >= 11 is 0. The Labute approximate surface area is 128 Å². The number of ether oxygens (including phenoxy) is 2. The smallest absolute Gasteiger partial charge is 0.263 e. The fraction of sp³-hybridized carbons (Fsp3) is 0.357. The highest BCUT2D eigenvalue weighted by Gasteiger charge is 2.21. The van der Waals surface area contributed by atoms with Crippen molar-refractivity contribution in [3.8, 4) is 11.5 Å². The molecule has 2 aromatic rings. The van der Waals surface area contributed by atoms with E-state index in [2.05, 4.69) is 9.88 Å².